The van der Waals surface area contributed by atoms with Crippen LogP contribution in [0, 0.1) is 0 Å². The minimum absolute atomic E-state index is 0.0235. The number of amides is 1. The molecule has 29 heavy (non-hydrogen) atoms. The second-order valence-electron chi connectivity index (χ2n) is 9.55. The Bertz CT molecular complexity index is 588. The Morgan fingerprint density at radius 2 is 1.55 bits per heavy atom. The predicted molar refractivity (Wildman–Crippen MR) is 130 cm³/mol. The molecule has 0 aliphatic heterocycles. The molecule has 1 aromatic rings. The van der Waals surface area contributed by atoms with Crippen LogP contribution in [0.15, 0.2) is 5.38 Å². The van der Waals surface area contributed by atoms with Crippen molar-refractivity contribution in [3.8, 4) is 0 Å². The average molecular weight is 531 g/mol. The van der Waals surface area contributed by atoms with Crippen LogP contribution in [0.2, 0.25) is 13.3 Å². The third-order valence-corrected chi connectivity index (χ3v) is 21.9. The van der Waals surface area contributed by atoms with E-state index in [-0.39, 0.29) is 12.1 Å². The molecule has 0 aliphatic carbocycles. The van der Waals surface area contributed by atoms with Crippen LogP contribution in [0.1, 0.15) is 93.9 Å². The number of rotatable bonds is 12. The summed E-state index contributed by atoms with van der Waals surface area (Å²) in [7, 11) is 0. The number of aromatic nitrogens is 1. The number of thiazole rings is 1. The number of nitrogens with zero attached hydrogens (tertiary/aromatic N) is 2. The van der Waals surface area contributed by atoms with Crippen LogP contribution in [0.4, 0.5) is 9.93 Å². The van der Waals surface area contributed by atoms with Gasteiger partial charge in [-0.1, -0.05) is 0 Å². The molecular weight excluding hydrogens is 487 g/mol. The van der Waals surface area contributed by atoms with Gasteiger partial charge in [-0.15, -0.1) is 0 Å². The van der Waals surface area contributed by atoms with Crippen LogP contribution >= 0.6 is 11.3 Å². The number of hydrogen-bond donors (Lipinski definition) is 0. The Morgan fingerprint density at radius 3 is 1.93 bits per heavy atom. The van der Waals surface area contributed by atoms with Crippen molar-refractivity contribution < 1.29 is 9.53 Å². The first kappa shape index (κ1) is 26.7. The molecule has 0 unspecified atom stereocenters. The molecule has 1 rings (SSSR count). The molecule has 4 nitrogen and oxygen atoms in total. The van der Waals surface area contributed by atoms with E-state index in [0.29, 0.717) is 0 Å². The Labute approximate surface area is 187 Å². The number of unbranched alkanes of at least 4 members (excludes halogenated alkanes) is 3. The third-order valence-electron chi connectivity index (χ3n) is 5.37. The van der Waals surface area contributed by atoms with E-state index in [9.17, 15) is 4.79 Å². The first-order valence-corrected chi connectivity index (χ1v) is 19.9. The van der Waals surface area contributed by atoms with Gasteiger partial charge in [0, 0.05) is 0 Å². The van der Waals surface area contributed by atoms with Gasteiger partial charge in [-0.25, -0.2) is 0 Å². The van der Waals surface area contributed by atoms with Crippen molar-refractivity contribution in [1.82, 2.24) is 4.98 Å². The summed E-state index contributed by atoms with van der Waals surface area (Å²) >= 11 is -0.937. The molecule has 1 aromatic heterocycles. The van der Waals surface area contributed by atoms with Crippen molar-refractivity contribution in [2.75, 3.05) is 4.90 Å². The molecule has 0 aromatic carbocycles. The van der Waals surface area contributed by atoms with E-state index in [0.717, 1.165) is 5.13 Å². The number of anilines is 1. The molecule has 0 fully saturated rings. The van der Waals surface area contributed by atoms with Crippen LogP contribution in [-0.4, -0.2) is 41.1 Å². The van der Waals surface area contributed by atoms with Gasteiger partial charge in [-0.2, -0.15) is 0 Å². The van der Waals surface area contributed by atoms with Crippen LogP contribution in [-0.2, 0) is 4.74 Å². The summed E-state index contributed by atoms with van der Waals surface area (Å²) < 4.78 is 11.2. The SMILES string of the molecule is CCC[CH2][Sn]([CH2]CCC)([CH2]CCC)[c]1csc(N(C(=O)OC(C)(C)C)C(C)C)n1. The van der Waals surface area contributed by atoms with Crippen LogP contribution in [0.5, 0.6) is 0 Å². The van der Waals surface area contributed by atoms with Crippen molar-refractivity contribution in [3.63, 3.8) is 0 Å². The molecule has 1 heterocycles. The first-order chi connectivity index (χ1) is 13.6. The van der Waals surface area contributed by atoms with Crippen molar-refractivity contribution in [1.29, 1.82) is 0 Å². The summed E-state index contributed by atoms with van der Waals surface area (Å²) in [4.78, 5) is 19.8. The summed E-state index contributed by atoms with van der Waals surface area (Å²) in [5, 5.41) is 3.11. The van der Waals surface area contributed by atoms with Gasteiger partial charge in [0.25, 0.3) is 0 Å². The quantitative estimate of drug-likeness (QED) is 0.265. The number of ether oxygens (including phenoxy) is 1. The molecular formula is C23H44N2O2SSn. The summed E-state index contributed by atoms with van der Waals surface area (Å²) in [6, 6.07) is 0.0235. The molecule has 6 heteroatoms. The third kappa shape index (κ3) is 8.39. The van der Waals surface area contributed by atoms with Gasteiger partial charge in [0.15, 0.2) is 0 Å². The zero-order chi connectivity index (χ0) is 22.1. The van der Waals surface area contributed by atoms with E-state index in [1.807, 2.05) is 34.6 Å². The number of carbonyl (C=O) groups is 1. The molecule has 0 saturated heterocycles. The van der Waals surface area contributed by atoms with E-state index in [2.05, 4.69) is 26.2 Å². The molecule has 0 atom stereocenters. The second-order valence-corrected chi connectivity index (χ2v) is 23.4. The maximum absolute atomic E-state index is 12.9. The monoisotopic (exact) mass is 532 g/mol. The van der Waals surface area contributed by atoms with Gasteiger partial charge in [-0.3, -0.25) is 0 Å². The molecule has 0 radical (unpaired) electrons. The summed E-state index contributed by atoms with van der Waals surface area (Å²) in [6.45, 7) is 16.7. The fourth-order valence-electron chi connectivity index (χ4n) is 3.74. The number of hydrogen-bond acceptors (Lipinski definition) is 4. The summed E-state index contributed by atoms with van der Waals surface area (Å²) in [5.41, 5.74) is -0.503. The molecule has 0 bridgehead atoms. The van der Waals surface area contributed by atoms with E-state index >= 15 is 0 Å². The Kier molecular flexibility index (Phi) is 11.5. The van der Waals surface area contributed by atoms with Crippen molar-refractivity contribution in [2.45, 2.75) is 119 Å². The van der Waals surface area contributed by atoms with Crippen LogP contribution < -0.4 is 8.61 Å². The molecule has 0 saturated carbocycles. The summed E-state index contributed by atoms with van der Waals surface area (Å²) in [5.74, 6) is 0. The van der Waals surface area contributed by atoms with E-state index < -0.39 is 24.0 Å². The Hall–Kier alpha value is -0.301. The summed E-state index contributed by atoms with van der Waals surface area (Å²) in [6.07, 6.45) is 7.42. The van der Waals surface area contributed by atoms with Crippen molar-refractivity contribution in [3.05, 3.63) is 5.38 Å². The molecule has 168 valence electrons. The molecule has 0 N–H and O–H groups in total. The standard InChI is InChI=1S/C11H17N2O2S.3C4H9.Sn/c1-8(2)13(9-12-6-7-16-9)10(14)15-11(3,4)5;3*1-3-4-2;/h7-8H,1-5H3;3*1,3-4H2,2H3;. The zero-order valence-electron chi connectivity index (χ0n) is 20.1. The van der Waals surface area contributed by atoms with Gasteiger partial charge in [0.2, 0.25) is 0 Å². The van der Waals surface area contributed by atoms with E-state index in [4.69, 9.17) is 9.72 Å². The topological polar surface area (TPSA) is 42.4 Å². The number of carbonyl (C=O) groups excluding carboxylic acids is 1. The Balaban J connectivity index is 3.26. The van der Waals surface area contributed by atoms with E-state index in [1.165, 1.54) is 55.5 Å². The van der Waals surface area contributed by atoms with E-state index in [1.54, 1.807) is 16.2 Å². The van der Waals surface area contributed by atoms with Gasteiger partial charge in [-0.05, 0) is 0 Å². The van der Waals surface area contributed by atoms with Gasteiger partial charge >= 0.3 is 188 Å². The predicted octanol–water partition coefficient (Wildman–Crippen LogP) is 7.35. The first-order valence-electron chi connectivity index (χ1n) is 11.6. The van der Waals surface area contributed by atoms with Crippen LogP contribution in [0.25, 0.3) is 0 Å². The average Bonchev–Trinajstić information content (AvgIpc) is 3.09. The van der Waals surface area contributed by atoms with Gasteiger partial charge in [0.1, 0.15) is 0 Å². The van der Waals surface area contributed by atoms with Crippen molar-refractivity contribution >= 4 is 44.6 Å². The van der Waals surface area contributed by atoms with Gasteiger partial charge < -0.3 is 0 Å². The Morgan fingerprint density at radius 1 is 1.07 bits per heavy atom. The second kappa shape index (κ2) is 12.5. The van der Waals surface area contributed by atoms with Crippen molar-refractivity contribution in [2.24, 2.45) is 0 Å². The maximum atomic E-state index is 12.9. The fourth-order valence-corrected chi connectivity index (χ4v) is 21.8. The van der Waals surface area contributed by atoms with Gasteiger partial charge in [0.05, 0.1) is 0 Å². The normalized spacial score (nSPS) is 12.4. The minimum atomic E-state index is -2.57. The molecule has 1 amide bonds. The molecule has 0 aliphatic rings. The fraction of sp³-hybridized carbons (Fsp3) is 0.826. The van der Waals surface area contributed by atoms with Crippen LogP contribution in [0.3, 0.4) is 0 Å². The molecule has 0 spiro atoms. The zero-order valence-corrected chi connectivity index (χ0v) is 23.8.